The molecule has 1 N–H and O–H groups in total. The van der Waals surface area contributed by atoms with Gasteiger partial charge in [-0.3, -0.25) is 4.90 Å². The van der Waals surface area contributed by atoms with Gasteiger partial charge in [-0.15, -0.1) is 0 Å². The minimum atomic E-state index is 0.213. The largest absolute Gasteiger partial charge is 0.508 e. The average Bonchev–Trinajstić information content (AvgIpc) is 2.91. The van der Waals surface area contributed by atoms with Crippen LogP contribution in [0.2, 0.25) is 0 Å². The first-order valence-corrected chi connectivity index (χ1v) is 12.6. The van der Waals surface area contributed by atoms with Crippen LogP contribution in [0.4, 0.5) is 0 Å². The van der Waals surface area contributed by atoms with E-state index in [1.165, 1.54) is 32.4 Å². The molecule has 4 aromatic rings. The molecule has 0 unspecified atom stereocenters. The van der Waals surface area contributed by atoms with Crippen LogP contribution in [0.3, 0.4) is 0 Å². The summed E-state index contributed by atoms with van der Waals surface area (Å²) in [6.07, 6.45) is 5.21. The fourth-order valence-corrected chi connectivity index (χ4v) is 4.74. The molecule has 1 aliphatic heterocycles. The minimum absolute atomic E-state index is 0.213. The van der Waals surface area contributed by atoms with E-state index in [0.717, 1.165) is 51.8 Å². The molecule has 184 valence electrons. The van der Waals surface area contributed by atoms with E-state index in [0.29, 0.717) is 18.8 Å². The lowest BCUT2D eigenvalue weighted by Gasteiger charge is -2.26. The maximum Gasteiger partial charge on any atom is 0.143 e. The van der Waals surface area contributed by atoms with Gasteiger partial charge >= 0.3 is 0 Å². The summed E-state index contributed by atoms with van der Waals surface area (Å²) in [5.74, 6) is 2.46. The highest BCUT2D eigenvalue weighted by atomic mass is 16.5. The maximum atomic E-state index is 10.9. The second-order valence-corrected chi connectivity index (χ2v) is 9.24. The molecule has 5 nitrogen and oxygen atoms in total. The molecule has 1 saturated heterocycles. The number of piperidine rings is 1. The number of nitrogens with zero attached hydrogens (tertiary/aromatic N) is 1. The Labute approximate surface area is 211 Å². The van der Waals surface area contributed by atoms with E-state index in [1.807, 2.05) is 66.7 Å². The molecule has 1 aliphatic rings. The number of ether oxygens (including phenoxy) is 2. The Morgan fingerprint density at radius 1 is 0.833 bits per heavy atom. The quantitative estimate of drug-likeness (QED) is 0.273. The number of phenolic OH excluding ortho intramolecular Hbond substituents is 1. The molecule has 5 rings (SSSR count). The zero-order valence-electron chi connectivity index (χ0n) is 20.4. The topological polar surface area (TPSA) is 59.0 Å². The Hall–Kier alpha value is -3.83. The second-order valence-electron chi connectivity index (χ2n) is 9.24. The van der Waals surface area contributed by atoms with Crippen molar-refractivity contribution in [1.82, 2.24) is 4.90 Å². The number of carbonyl (C=O) groups is 1. The fraction of sp³-hybridized carbons (Fsp3) is 0.258. The Kier molecular flexibility index (Phi) is 7.48. The summed E-state index contributed by atoms with van der Waals surface area (Å²) in [7, 11) is 0. The summed E-state index contributed by atoms with van der Waals surface area (Å²) >= 11 is 0. The molecule has 0 amide bonds. The van der Waals surface area contributed by atoms with Crippen molar-refractivity contribution < 1.29 is 19.4 Å². The van der Waals surface area contributed by atoms with Gasteiger partial charge in [-0.2, -0.15) is 0 Å². The van der Waals surface area contributed by atoms with Crippen LogP contribution >= 0.6 is 0 Å². The summed E-state index contributed by atoms with van der Waals surface area (Å²) < 4.78 is 12.4. The number of rotatable bonds is 9. The van der Waals surface area contributed by atoms with Crippen molar-refractivity contribution in [2.75, 3.05) is 26.2 Å². The zero-order chi connectivity index (χ0) is 24.7. The number of aromatic hydroxyl groups is 1. The van der Waals surface area contributed by atoms with Gasteiger partial charge in [-0.25, -0.2) is 0 Å². The highest BCUT2D eigenvalue weighted by molar-refractivity contribution is 5.96. The Morgan fingerprint density at radius 3 is 2.33 bits per heavy atom. The number of carbonyl (C=O) groups excluding carboxylic acids is 1. The smallest absolute Gasteiger partial charge is 0.143 e. The van der Waals surface area contributed by atoms with Gasteiger partial charge in [-0.05, 0) is 91.0 Å². The Balaban J connectivity index is 1.37. The number of hydrogen-bond acceptors (Lipinski definition) is 5. The van der Waals surface area contributed by atoms with Crippen molar-refractivity contribution in [2.24, 2.45) is 0 Å². The lowest BCUT2D eigenvalue weighted by Crippen LogP contribution is -2.33. The summed E-state index contributed by atoms with van der Waals surface area (Å²) in [5, 5.41) is 11.8. The highest BCUT2D eigenvalue weighted by Crippen LogP contribution is 2.40. The Morgan fingerprint density at radius 2 is 1.58 bits per heavy atom. The third kappa shape index (κ3) is 5.69. The molecule has 4 aromatic carbocycles. The predicted octanol–water partition coefficient (Wildman–Crippen LogP) is 6.61. The van der Waals surface area contributed by atoms with Gasteiger partial charge in [0.1, 0.15) is 35.9 Å². The van der Waals surface area contributed by atoms with Crippen LogP contribution in [0.1, 0.15) is 24.8 Å². The summed E-state index contributed by atoms with van der Waals surface area (Å²) in [5.41, 5.74) is 2.90. The van der Waals surface area contributed by atoms with E-state index in [1.54, 1.807) is 12.1 Å². The maximum absolute atomic E-state index is 10.9. The normalized spacial score (nSPS) is 14.0. The van der Waals surface area contributed by atoms with Crippen molar-refractivity contribution in [3.63, 3.8) is 0 Å². The first kappa shape index (κ1) is 23.9. The molecule has 0 bridgehead atoms. The van der Waals surface area contributed by atoms with Crippen LogP contribution in [0.15, 0.2) is 78.9 Å². The summed E-state index contributed by atoms with van der Waals surface area (Å²) in [6, 6.07) is 24.9. The lowest BCUT2D eigenvalue weighted by atomic mass is 9.98. The molecule has 0 aliphatic carbocycles. The molecule has 5 heteroatoms. The van der Waals surface area contributed by atoms with Gasteiger partial charge in [-0.1, -0.05) is 36.8 Å². The monoisotopic (exact) mass is 481 g/mol. The molecule has 36 heavy (non-hydrogen) atoms. The van der Waals surface area contributed by atoms with E-state index < -0.39 is 0 Å². The molecule has 0 radical (unpaired) electrons. The summed E-state index contributed by atoms with van der Waals surface area (Å²) in [6.45, 7) is 3.97. The number of fused-ring (bicyclic) bond motifs is 1. The third-order valence-corrected chi connectivity index (χ3v) is 6.71. The van der Waals surface area contributed by atoms with E-state index in [9.17, 15) is 9.90 Å². The van der Waals surface area contributed by atoms with Gasteiger partial charge in [0.2, 0.25) is 0 Å². The van der Waals surface area contributed by atoms with Gasteiger partial charge in [0.25, 0.3) is 0 Å². The van der Waals surface area contributed by atoms with Crippen molar-refractivity contribution in [1.29, 1.82) is 0 Å². The SMILES string of the molecule is O=CCc1ccc(-c2ccc3cc(O)ccc3c2Oc2ccc(OCCN3CCCCC3)cc2)cc1. The number of hydrogen-bond donors (Lipinski definition) is 1. The molecule has 1 heterocycles. The van der Waals surface area contributed by atoms with Crippen LogP contribution in [-0.2, 0) is 11.2 Å². The third-order valence-electron chi connectivity index (χ3n) is 6.71. The molecular formula is C31H31NO4. The minimum Gasteiger partial charge on any atom is -0.508 e. The van der Waals surface area contributed by atoms with Crippen LogP contribution in [0.5, 0.6) is 23.0 Å². The summed E-state index contributed by atoms with van der Waals surface area (Å²) in [4.78, 5) is 13.3. The van der Waals surface area contributed by atoms with Crippen LogP contribution in [-0.4, -0.2) is 42.5 Å². The molecule has 0 spiro atoms. The molecule has 1 fully saturated rings. The van der Waals surface area contributed by atoms with Gasteiger partial charge < -0.3 is 19.4 Å². The zero-order valence-corrected chi connectivity index (χ0v) is 20.4. The first-order valence-electron chi connectivity index (χ1n) is 12.6. The van der Waals surface area contributed by atoms with Crippen LogP contribution < -0.4 is 9.47 Å². The van der Waals surface area contributed by atoms with Crippen molar-refractivity contribution in [2.45, 2.75) is 25.7 Å². The van der Waals surface area contributed by atoms with Gasteiger partial charge in [0.15, 0.2) is 0 Å². The van der Waals surface area contributed by atoms with E-state index >= 15 is 0 Å². The number of aldehydes is 1. The predicted molar refractivity (Wildman–Crippen MR) is 143 cm³/mol. The van der Waals surface area contributed by atoms with Crippen molar-refractivity contribution in [3.05, 3.63) is 84.4 Å². The average molecular weight is 482 g/mol. The van der Waals surface area contributed by atoms with E-state index in [4.69, 9.17) is 9.47 Å². The van der Waals surface area contributed by atoms with Gasteiger partial charge in [0, 0.05) is 23.9 Å². The first-order chi connectivity index (χ1) is 17.7. The van der Waals surface area contributed by atoms with Crippen molar-refractivity contribution in [3.8, 4) is 34.1 Å². The molecule has 0 saturated carbocycles. The van der Waals surface area contributed by atoms with E-state index in [-0.39, 0.29) is 5.75 Å². The van der Waals surface area contributed by atoms with Crippen LogP contribution in [0, 0.1) is 0 Å². The lowest BCUT2D eigenvalue weighted by molar-refractivity contribution is -0.107. The molecule has 0 aromatic heterocycles. The Bertz CT molecular complexity index is 1310. The molecular weight excluding hydrogens is 450 g/mol. The molecule has 0 atom stereocenters. The van der Waals surface area contributed by atoms with Crippen molar-refractivity contribution >= 4 is 17.1 Å². The van der Waals surface area contributed by atoms with Gasteiger partial charge in [0.05, 0.1) is 0 Å². The number of likely N-dealkylation sites (tertiary alicyclic amines) is 1. The number of benzene rings is 4. The van der Waals surface area contributed by atoms with E-state index in [2.05, 4.69) is 4.90 Å². The standard InChI is InChI=1S/C31H31NO4/c33-20-16-23-4-6-24(7-5-23)29-14-8-25-22-26(34)9-15-30(25)31(29)36-28-12-10-27(11-13-28)35-21-19-32-17-2-1-3-18-32/h4-15,20,22,34H,1-3,16-19,21H2. The second kappa shape index (κ2) is 11.3. The fourth-order valence-electron chi connectivity index (χ4n) is 4.74. The highest BCUT2D eigenvalue weighted by Gasteiger charge is 2.14. The van der Waals surface area contributed by atoms with Crippen LogP contribution in [0.25, 0.3) is 21.9 Å². The number of phenols is 1.